The van der Waals surface area contributed by atoms with Crippen LogP contribution >= 0.6 is 11.8 Å². The first-order valence-electron chi connectivity index (χ1n) is 6.69. The van der Waals surface area contributed by atoms with E-state index in [4.69, 9.17) is 0 Å². The molecule has 1 amide bonds. The lowest BCUT2D eigenvalue weighted by Crippen LogP contribution is -2.14. The lowest BCUT2D eigenvalue weighted by molar-refractivity contribution is -0.384. The van der Waals surface area contributed by atoms with Crippen LogP contribution in [0, 0.1) is 24.0 Å². The number of anilines is 1. The van der Waals surface area contributed by atoms with Crippen LogP contribution in [0.4, 0.5) is 11.4 Å². The number of rotatable bonds is 5. The molecular weight excluding hydrogens is 300 g/mol. The third-order valence-corrected chi connectivity index (χ3v) is 3.93. The highest BCUT2D eigenvalue weighted by Gasteiger charge is 2.07. The first-order valence-corrected chi connectivity index (χ1v) is 7.68. The predicted molar refractivity (Wildman–Crippen MR) is 88.4 cm³/mol. The van der Waals surface area contributed by atoms with E-state index in [9.17, 15) is 14.9 Å². The fraction of sp³-hybridized carbons (Fsp3) is 0.188. The molecule has 0 saturated heterocycles. The molecule has 0 bridgehead atoms. The highest BCUT2D eigenvalue weighted by Crippen LogP contribution is 2.22. The zero-order valence-corrected chi connectivity index (χ0v) is 13.1. The highest BCUT2D eigenvalue weighted by atomic mass is 32.2. The van der Waals surface area contributed by atoms with E-state index in [1.165, 1.54) is 23.9 Å². The summed E-state index contributed by atoms with van der Waals surface area (Å²) in [6.45, 7) is 3.96. The molecule has 0 saturated carbocycles. The Bertz CT molecular complexity index is 679. The Balaban J connectivity index is 1.91. The number of amides is 1. The number of hydrogen-bond acceptors (Lipinski definition) is 4. The molecule has 0 spiro atoms. The lowest BCUT2D eigenvalue weighted by atomic mass is 10.1. The number of non-ortho nitro benzene ring substituents is 1. The van der Waals surface area contributed by atoms with E-state index < -0.39 is 4.92 Å². The van der Waals surface area contributed by atoms with Crippen LogP contribution in [0.15, 0.2) is 47.4 Å². The molecule has 114 valence electrons. The second kappa shape index (κ2) is 7.09. The van der Waals surface area contributed by atoms with Crippen LogP contribution in [-0.2, 0) is 4.79 Å². The van der Waals surface area contributed by atoms with Crippen molar-refractivity contribution in [2.45, 2.75) is 18.7 Å². The van der Waals surface area contributed by atoms with E-state index in [1.54, 1.807) is 12.1 Å². The molecule has 0 fully saturated rings. The summed E-state index contributed by atoms with van der Waals surface area (Å²) in [7, 11) is 0. The minimum absolute atomic E-state index is 0.0454. The quantitative estimate of drug-likeness (QED) is 0.515. The van der Waals surface area contributed by atoms with E-state index in [0.29, 0.717) is 0 Å². The lowest BCUT2D eigenvalue weighted by Gasteiger charge is -2.07. The van der Waals surface area contributed by atoms with E-state index in [1.807, 2.05) is 32.0 Å². The molecule has 2 aromatic carbocycles. The van der Waals surface area contributed by atoms with Crippen LogP contribution in [0.5, 0.6) is 0 Å². The molecule has 0 radical (unpaired) electrons. The van der Waals surface area contributed by atoms with Gasteiger partial charge in [0.15, 0.2) is 0 Å². The fourth-order valence-corrected chi connectivity index (χ4v) is 2.76. The normalized spacial score (nSPS) is 10.3. The van der Waals surface area contributed by atoms with Crippen molar-refractivity contribution >= 4 is 29.0 Å². The number of aryl methyl sites for hydroxylation is 2. The molecule has 0 heterocycles. The van der Waals surface area contributed by atoms with Crippen LogP contribution < -0.4 is 5.32 Å². The van der Waals surface area contributed by atoms with Gasteiger partial charge in [-0.25, -0.2) is 0 Å². The Morgan fingerprint density at radius 3 is 2.27 bits per heavy atom. The smallest absolute Gasteiger partial charge is 0.269 e. The zero-order valence-electron chi connectivity index (χ0n) is 12.3. The van der Waals surface area contributed by atoms with Crippen molar-refractivity contribution in [3.05, 3.63) is 63.7 Å². The van der Waals surface area contributed by atoms with Gasteiger partial charge in [-0.2, -0.15) is 0 Å². The maximum absolute atomic E-state index is 11.9. The molecule has 0 aromatic heterocycles. The summed E-state index contributed by atoms with van der Waals surface area (Å²) in [5.74, 6) is 0.151. The second-order valence-electron chi connectivity index (χ2n) is 4.96. The number of benzene rings is 2. The van der Waals surface area contributed by atoms with Gasteiger partial charge in [0.2, 0.25) is 5.91 Å². The average Bonchev–Trinajstić information content (AvgIpc) is 2.44. The van der Waals surface area contributed by atoms with Gasteiger partial charge in [0.1, 0.15) is 0 Å². The molecule has 2 rings (SSSR count). The van der Waals surface area contributed by atoms with Gasteiger partial charge in [-0.3, -0.25) is 14.9 Å². The van der Waals surface area contributed by atoms with Crippen molar-refractivity contribution in [3.63, 3.8) is 0 Å². The molecule has 2 aromatic rings. The van der Waals surface area contributed by atoms with Gasteiger partial charge in [0.05, 0.1) is 10.7 Å². The minimum Gasteiger partial charge on any atom is -0.325 e. The number of thioether (sulfide) groups is 1. The molecule has 22 heavy (non-hydrogen) atoms. The number of nitrogens with zero attached hydrogens (tertiary/aromatic N) is 1. The zero-order chi connectivity index (χ0) is 16.1. The Hall–Kier alpha value is -2.34. The number of nitro groups is 1. The van der Waals surface area contributed by atoms with Gasteiger partial charge < -0.3 is 5.32 Å². The van der Waals surface area contributed by atoms with Crippen molar-refractivity contribution in [1.82, 2.24) is 0 Å². The van der Waals surface area contributed by atoms with Gasteiger partial charge in [-0.15, -0.1) is 11.8 Å². The first-order chi connectivity index (χ1) is 10.4. The molecule has 1 N–H and O–H groups in total. The first kappa shape index (κ1) is 16.0. The molecule has 5 nitrogen and oxygen atoms in total. The summed E-state index contributed by atoms with van der Waals surface area (Å²) in [5.41, 5.74) is 3.02. The van der Waals surface area contributed by atoms with Gasteiger partial charge in [0, 0.05) is 22.7 Å². The van der Waals surface area contributed by atoms with Crippen molar-refractivity contribution in [1.29, 1.82) is 0 Å². The topological polar surface area (TPSA) is 72.2 Å². The maximum atomic E-state index is 11.9. The van der Waals surface area contributed by atoms with Gasteiger partial charge in [-0.1, -0.05) is 6.07 Å². The van der Waals surface area contributed by atoms with Crippen molar-refractivity contribution in [2.24, 2.45) is 0 Å². The number of hydrogen-bond donors (Lipinski definition) is 1. The molecule has 0 aliphatic carbocycles. The molecule has 0 unspecified atom stereocenters. The summed E-state index contributed by atoms with van der Waals surface area (Å²) >= 11 is 1.34. The van der Waals surface area contributed by atoms with Gasteiger partial charge in [-0.05, 0) is 49.2 Å². The summed E-state index contributed by atoms with van der Waals surface area (Å²) in [5, 5.41) is 13.4. The van der Waals surface area contributed by atoms with E-state index >= 15 is 0 Å². The molecule has 0 aliphatic heterocycles. The van der Waals surface area contributed by atoms with Crippen molar-refractivity contribution in [2.75, 3.05) is 11.1 Å². The SMILES string of the molecule is Cc1cc(C)cc(NC(=O)CSc2ccc([N+](=O)[O-])cc2)c1. The minimum atomic E-state index is -0.443. The molecule has 6 heteroatoms. The van der Waals surface area contributed by atoms with Crippen LogP contribution in [0.1, 0.15) is 11.1 Å². The summed E-state index contributed by atoms with van der Waals surface area (Å²) in [6, 6.07) is 12.0. The fourth-order valence-electron chi connectivity index (χ4n) is 2.06. The Labute approximate surface area is 132 Å². The highest BCUT2D eigenvalue weighted by molar-refractivity contribution is 8.00. The largest absolute Gasteiger partial charge is 0.325 e. The monoisotopic (exact) mass is 316 g/mol. The standard InChI is InChI=1S/C16H16N2O3S/c1-11-7-12(2)9-13(8-11)17-16(19)10-22-15-5-3-14(4-6-15)18(20)21/h3-9H,10H2,1-2H3,(H,17,19). The van der Waals surface area contributed by atoms with Gasteiger partial charge >= 0.3 is 0 Å². The molecule has 0 atom stereocenters. The third-order valence-electron chi connectivity index (χ3n) is 2.92. The van der Waals surface area contributed by atoms with E-state index in [-0.39, 0.29) is 17.3 Å². The van der Waals surface area contributed by atoms with Crippen LogP contribution in [0.25, 0.3) is 0 Å². The van der Waals surface area contributed by atoms with Crippen LogP contribution in [-0.4, -0.2) is 16.6 Å². The summed E-state index contributed by atoms with van der Waals surface area (Å²) in [4.78, 5) is 22.9. The molecular formula is C16H16N2O3S. The van der Waals surface area contributed by atoms with Crippen LogP contribution in [0.3, 0.4) is 0 Å². The van der Waals surface area contributed by atoms with Gasteiger partial charge in [0.25, 0.3) is 5.69 Å². The molecule has 0 aliphatic rings. The van der Waals surface area contributed by atoms with Crippen LogP contribution in [0.2, 0.25) is 0 Å². The summed E-state index contributed by atoms with van der Waals surface area (Å²) < 4.78 is 0. The summed E-state index contributed by atoms with van der Waals surface area (Å²) in [6.07, 6.45) is 0. The third kappa shape index (κ3) is 4.60. The van der Waals surface area contributed by atoms with Crippen molar-refractivity contribution < 1.29 is 9.72 Å². The van der Waals surface area contributed by atoms with E-state index in [2.05, 4.69) is 5.32 Å². The average molecular weight is 316 g/mol. The van der Waals surface area contributed by atoms with Crippen molar-refractivity contribution in [3.8, 4) is 0 Å². The maximum Gasteiger partial charge on any atom is 0.269 e. The Kier molecular flexibility index (Phi) is 5.16. The Morgan fingerprint density at radius 2 is 1.73 bits per heavy atom. The number of nitrogens with one attached hydrogen (secondary N) is 1. The predicted octanol–water partition coefficient (Wildman–Crippen LogP) is 3.94. The van der Waals surface area contributed by atoms with E-state index in [0.717, 1.165) is 21.7 Å². The number of nitro benzene ring substituents is 1. The Morgan fingerprint density at radius 1 is 1.14 bits per heavy atom. The second-order valence-corrected chi connectivity index (χ2v) is 6.01. The number of carbonyl (C=O) groups excluding carboxylic acids is 1. The number of carbonyl (C=O) groups is 1.